The van der Waals surface area contributed by atoms with E-state index in [1.54, 1.807) is 0 Å². The Hall–Kier alpha value is -6.84. The molecule has 0 saturated heterocycles. The molecule has 10 aromatic rings. The third kappa shape index (κ3) is 4.98. The Morgan fingerprint density at radius 3 is 1.82 bits per heavy atom. The molecule has 8 aromatic carbocycles. The van der Waals surface area contributed by atoms with E-state index >= 15 is 0 Å². The van der Waals surface area contributed by atoms with Crippen LogP contribution in [0.5, 0.6) is 0 Å². The molecule has 51 heavy (non-hydrogen) atoms. The van der Waals surface area contributed by atoms with Gasteiger partial charge < -0.3 is 13.7 Å². The van der Waals surface area contributed by atoms with Crippen LogP contribution in [0.4, 0.5) is 17.1 Å². The summed E-state index contributed by atoms with van der Waals surface area (Å²) in [4.78, 5) is 2.33. The van der Waals surface area contributed by atoms with E-state index in [1.165, 1.54) is 10.8 Å². The van der Waals surface area contributed by atoms with Gasteiger partial charge in [0, 0.05) is 49.9 Å². The van der Waals surface area contributed by atoms with Crippen LogP contribution in [-0.4, -0.2) is 0 Å². The highest BCUT2D eigenvalue weighted by atomic mass is 16.3. The zero-order chi connectivity index (χ0) is 33.7. The summed E-state index contributed by atoms with van der Waals surface area (Å²) in [5.41, 5.74) is 11.3. The van der Waals surface area contributed by atoms with Gasteiger partial charge in [0.2, 0.25) is 0 Å². The first-order chi connectivity index (χ1) is 25.3. The molecule has 3 heteroatoms. The van der Waals surface area contributed by atoms with E-state index in [0.29, 0.717) is 0 Å². The Morgan fingerprint density at radius 1 is 0.353 bits per heavy atom. The minimum Gasteiger partial charge on any atom is -0.455 e. The van der Waals surface area contributed by atoms with Crippen LogP contribution in [-0.2, 0) is 0 Å². The molecule has 0 spiro atoms. The summed E-state index contributed by atoms with van der Waals surface area (Å²) in [6.07, 6.45) is 0. The largest absolute Gasteiger partial charge is 0.455 e. The van der Waals surface area contributed by atoms with Gasteiger partial charge in [0.05, 0.1) is 0 Å². The van der Waals surface area contributed by atoms with Crippen molar-refractivity contribution in [1.82, 2.24) is 0 Å². The molecule has 0 radical (unpaired) electrons. The van der Waals surface area contributed by atoms with Crippen molar-refractivity contribution in [3.8, 4) is 33.6 Å². The van der Waals surface area contributed by atoms with Crippen LogP contribution in [0.1, 0.15) is 0 Å². The fraction of sp³-hybridized carbons (Fsp3) is 0. The summed E-state index contributed by atoms with van der Waals surface area (Å²) in [6, 6.07) is 66.1. The number of fused-ring (bicyclic) bond motifs is 5. The van der Waals surface area contributed by atoms with E-state index in [4.69, 9.17) is 8.83 Å². The summed E-state index contributed by atoms with van der Waals surface area (Å²) < 4.78 is 13.0. The Balaban J connectivity index is 1.12. The lowest BCUT2D eigenvalue weighted by Gasteiger charge is -2.26. The van der Waals surface area contributed by atoms with E-state index < -0.39 is 0 Å². The third-order valence-electron chi connectivity index (χ3n) is 9.86. The number of hydrogen-bond donors (Lipinski definition) is 0. The molecule has 3 nitrogen and oxygen atoms in total. The van der Waals surface area contributed by atoms with Crippen molar-refractivity contribution >= 4 is 60.7 Å². The van der Waals surface area contributed by atoms with Gasteiger partial charge in [-0.25, -0.2) is 0 Å². The molecule has 2 aromatic heterocycles. The first-order valence-electron chi connectivity index (χ1n) is 17.3. The minimum atomic E-state index is 0.868. The molecule has 0 atom stereocenters. The molecule has 0 bridgehead atoms. The molecule has 0 saturated carbocycles. The van der Waals surface area contributed by atoms with Crippen LogP contribution in [0.15, 0.2) is 197 Å². The molecule has 240 valence electrons. The summed E-state index contributed by atoms with van der Waals surface area (Å²) in [7, 11) is 0. The molecule has 0 aliphatic carbocycles. The number of hydrogen-bond acceptors (Lipinski definition) is 3. The van der Waals surface area contributed by atoms with Crippen LogP contribution in [0.25, 0.3) is 77.3 Å². The first kappa shape index (κ1) is 29.1. The van der Waals surface area contributed by atoms with Crippen molar-refractivity contribution in [2.75, 3.05) is 4.90 Å². The van der Waals surface area contributed by atoms with Crippen molar-refractivity contribution in [3.63, 3.8) is 0 Å². The second-order valence-electron chi connectivity index (χ2n) is 12.9. The zero-order valence-electron chi connectivity index (χ0n) is 27.7. The molecule has 0 unspecified atom stereocenters. The SMILES string of the molecule is c1ccc(-c2c(-c3ccc(N(c4cccc(-c5cccc6c5oc5ccccc56)c4)c4ccc5ccccc5c4)cc3)oc3ccccc23)cc1. The summed E-state index contributed by atoms with van der Waals surface area (Å²) in [5.74, 6) is 0.868. The van der Waals surface area contributed by atoms with E-state index in [1.807, 2.05) is 30.3 Å². The van der Waals surface area contributed by atoms with Gasteiger partial charge in [-0.05, 0) is 82.6 Å². The second kappa shape index (κ2) is 11.9. The van der Waals surface area contributed by atoms with Crippen LogP contribution in [0, 0.1) is 0 Å². The maximum absolute atomic E-state index is 6.56. The van der Waals surface area contributed by atoms with Gasteiger partial charge in [0.15, 0.2) is 0 Å². The fourth-order valence-electron chi connectivity index (χ4n) is 7.45. The van der Waals surface area contributed by atoms with E-state index in [-0.39, 0.29) is 0 Å². The first-order valence-corrected chi connectivity index (χ1v) is 17.3. The van der Waals surface area contributed by atoms with Crippen molar-refractivity contribution in [2.45, 2.75) is 0 Å². The average Bonchev–Trinajstić information content (AvgIpc) is 3.78. The van der Waals surface area contributed by atoms with Gasteiger partial charge in [-0.1, -0.05) is 127 Å². The number of furan rings is 2. The lowest BCUT2D eigenvalue weighted by Crippen LogP contribution is -2.10. The van der Waals surface area contributed by atoms with Gasteiger partial charge >= 0.3 is 0 Å². The van der Waals surface area contributed by atoms with E-state index in [9.17, 15) is 0 Å². The fourth-order valence-corrected chi connectivity index (χ4v) is 7.45. The highest BCUT2D eigenvalue weighted by Gasteiger charge is 2.20. The highest BCUT2D eigenvalue weighted by molar-refractivity contribution is 6.09. The molecular weight excluding hydrogens is 623 g/mol. The smallest absolute Gasteiger partial charge is 0.143 e. The zero-order valence-corrected chi connectivity index (χ0v) is 27.7. The van der Waals surface area contributed by atoms with Gasteiger partial charge in [-0.3, -0.25) is 0 Å². The van der Waals surface area contributed by atoms with E-state index in [2.05, 4.69) is 163 Å². The number of benzene rings is 8. The number of para-hydroxylation sites is 3. The normalized spacial score (nSPS) is 11.5. The Kier molecular flexibility index (Phi) is 6.81. The Morgan fingerprint density at radius 2 is 0.980 bits per heavy atom. The van der Waals surface area contributed by atoms with Gasteiger partial charge in [0.25, 0.3) is 0 Å². The van der Waals surface area contributed by atoms with Crippen molar-refractivity contribution in [1.29, 1.82) is 0 Å². The number of rotatable bonds is 6. The highest BCUT2D eigenvalue weighted by Crippen LogP contribution is 2.44. The predicted octanol–water partition coefficient (Wildman–Crippen LogP) is 14.0. The van der Waals surface area contributed by atoms with E-state index in [0.717, 1.165) is 83.5 Å². The standard InChI is InChI=1S/C48H31NO2/c1-2-13-33(14-3-1)46-43-19-7-9-23-45(43)50-47(46)34-25-27-37(28-26-34)49(39-29-24-32-12-4-5-15-35(32)30-39)38-17-10-16-36(31-38)40-20-11-21-42-41-18-6-8-22-44(41)51-48(40)42/h1-31H. The van der Waals surface area contributed by atoms with Crippen molar-refractivity contribution in [2.24, 2.45) is 0 Å². The maximum atomic E-state index is 6.56. The molecule has 2 heterocycles. The molecule has 0 N–H and O–H groups in total. The molecule has 0 fully saturated rings. The lowest BCUT2D eigenvalue weighted by molar-refractivity contribution is 0.632. The topological polar surface area (TPSA) is 29.5 Å². The molecule has 10 rings (SSSR count). The molecular formula is C48H31NO2. The van der Waals surface area contributed by atoms with Gasteiger partial charge in [-0.2, -0.15) is 0 Å². The third-order valence-corrected chi connectivity index (χ3v) is 9.86. The summed E-state index contributed by atoms with van der Waals surface area (Å²) >= 11 is 0. The quantitative estimate of drug-likeness (QED) is 0.179. The maximum Gasteiger partial charge on any atom is 0.143 e. The van der Waals surface area contributed by atoms with Crippen LogP contribution in [0.3, 0.4) is 0 Å². The monoisotopic (exact) mass is 653 g/mol. The van der Waals surface area contributed by atoms with Crippen molar-refractivity contribution < 1.29 is 8.83 Å². The summed E-state index contributed by atoms with van der Waals surface area (Å²) in [6.45, 7) is 0. The van der Waals surface area contributed by atoms with Gasteiger partial charge in [0.1, 0.15) is 22.5 Å². The van der Waals surface area contributed by atoms with Crippen molar-refractivity contribution in [3.05, 3.63) is 188 Å². The second-order valence-corrected chi connectivity index (χ2v) is 12.9. The van der Waals surface area contributed by atoms with Crippen LogP contribution < -0.4 is 4.90 Å². The molecule has 0 aliphatic rings. The average molecular weight is 654 g/mol. The number of anilines is 3. The Bertz CT molecular complexity index is 2860. The summed E-state index contributed by atoms with van der Waals surface area (Å²) in [5, 5.41) is 5.76. The molecule has 0 amide bonds. The van der Waals surface area contributed by atoms with Crippen LogP contribution in [0.2, 0.25) is 0 Å². The lowest BCUT2D eigenvalue weighted by atomic mass is 9.98. The minimum absolute atomic E-state index is 0.868. The van der Waals surface area contributed by atoms with Crippen LogP contribution >= 0.6 is 0 Å². The molecule has 0 aliphatic heterocycles. The van der Waals surface area contributed by atoms with Gasteiger partial charge in [-0.15, -0.1) is 0 Å². The Labute approximate surface area is 295 Å². The number of nitrogens with zero attached hydrogens (tertiary/aromatic N) is 1. The predicted molar refractivity (Wildman–Crippen MR) is 212 cm³/mol.